The lowest BCUT2D eigenvalue weighted by Gasteiger charge is -2.37. The van der Waals surface area contributed by atoms with Gasteiger partial charge in [-0.1, -0.05) is 43.5 Å². The van der Waals surface area contributed by atoms with Crippen molar-refractivity contribution in [3.63, 3.8) is 0 Å². The van der Waals surface area contributed by atoms with Crippen LogP contribution >= 0.6 is 0 Å². The van der Waals surface area contributed by atoms with Crippen molar-refractivity contribution >= 4 is 0 Å². The van der Waals surface area contributed by atoms with Gasteiger partial charge in [0.15, 0.2) is 0 Å². The molecule has 106 valence electrons. The van der Waals surface area contributed by atoms with Gasteiger partial charge in [0.05, 0.1) is 5.60 Å². The number of nitrogens with two attached hydrogens (primary N) is 1. The SMILES string of the molecule is CC(C)(O)Cc1cccc(C2(CN)CCCCC2)c1. The standard InChI is InChI=1S/C17H27NO/c1-16(2,19)12-14-7-6-8-15(11-14)17(13-18)9-4-3-5-10-17/h6-8,11,19H,3-5,9-10,12-13,18H2,1-2H3. The van der Waals surface area contributed by atoms with E-state index in [2.05, 4.69) is 24.3 Å². The van der Waals surface area contributed by atoms with Crippen LogP contribution in [0.15, 0.2) is 24.3 Å². The summed E-state index contributed by atoms with van der Waals surface area (Å²) >= 11 is 0. The fraction of sp³-hybridized carbons (Fsp3) is 0.647. The maximum absolute atomic E-state index is 9.97. The Bertz CT molecular complexity index is 414. The van der Waals surface area contributed by atoms with Crippen molar-refractivity contribution < 1.29 is 5.11 Å². The van der Waals surface area contributed by atoms with Crippen LogP contribution in [0, 0.1) is 0 Å². The Balaban J connectivity index is 2.26. The van der Waals surface area contributed by atoms with E-state index in [9.17, 15) is 5.11 Å². The minimum Gasteiger partial charge on any atom is -0.390 e. The summed E-state index contributed by atoms with van der Waals surface area (Å²) in [5, 5.41) is 9.97. The zero-order chi connectivity index (χ0) is 13.9. The molecule has 0 atom stereocenters. The van der Waals surface area contributed by atoms with Crippen molar-refractivity contribution in [2.24, 2.45) is 5.73 Å². The van der Waals surface area contributed by atoms with Crippen LogP contribution in [0.2, 0.25) is 0 Å². The highest BCUT2D eigenvalue weighted by Gasteiger charge is 2.32. The van der Waals surface area contributed by atoms with Crippen molar-refractivity contribution in [1.29, 1.82) is 0 Å². The average Bonchev–Trinajstić information content (AvgIpc) is 2.38. The lowest BCUT2D eigenvalue weighted by Crippen LogP contribution is -2.37. The first-order chi connectivity index (χ1) is 8.95. The molecule has 1 aliphatic carbocycles. The number of rotatable bonds is 4. The molecule has 1 aromatic rings. The van der Waals surface area contributed by atoms with Crippen molar-refractivity contribution in [2.75, 3.05) is 6.54 Å². The molecule has 1 aromatic carbocycles. The molecule has 2 rings (SSSR count). The summed E-state index contributed by atoms with van der Waals surface area (Å²) in [4.78, 5) is 0. The van der Waals surface area contributed by atoms with Crippen molar-refractivity contribution in [1.82, 2.24) is 0 Å². The molecule has 0 amide bonds. The molecule has 19 heavy (non-hydrogen) atoms. The summed E-state index contributed by atoms with van der Waals surface area (Å²) in [6.07, 6.45) is 7.01. The van der Waals surface area contributed by atoms with Crippen LogP contribution in [0.5, 0.6) is 0 Å². The molecule has 0 aliphatic heterocycles. The minimum absolute atomic E-state index is 0.174. The van der Waals surface area contributed by atoms with Gasteiger partial charge in [-0.3, -0.25) is 0 Å². The third-order valence-electron chi connectivity index (χ3n) is 4.38. The van der Waals surface area contributed by atoms with Gasteiger partial charge in [0.2, 0.25) is 0 Å². The fourth-order valence-corrected chi connectivity index (χ4v) is 3.35. The van der Waals surface area contributed by atoms with Crippen LogP contribution in [0.1, 0.15) is 57.1 Å². The van der Waals surface area contributed by atoms with Crippen LogP contribution in [0.3, 0.4) is 0 Å². The Morgan fingerprint density at radius 2 is 1.89 bits per heavy atom. The number of hydrogen-bond acceptors (Lipinski definition) is 2. The molecule has 0 saturated heterocycles. The molecule has 3 N–H and O–H groups in total. The fourth-order valence-electron chi connectivity index (χ4n) is 3.35. The zero-order valence-electron chi connectivity index (χ0n) is 12.3. The first-order valence-electron chi connectivity index (χ1n) is 7.47. The van der Waals surface area contributed by atoms with Crippen molar-refractivity contribution in [2.45, 2.75) is 63.4 Å². The lowest BCUT2D eigenvalue weighted by molar-refractivity contribution is 0.0809. The van der Waals surface area contributed by atoms with Gasteiger partial charge < -0.3 is 10.8 Å². The quantitative estimate of drug-likeness (QED) is 0.874. The number of benzene rings is 1. The van der Waals surface area contributed by atoms with E-state index in [-0.39, 0.29) is 5.41 Å². The van der Waals surface area contributed by atoms with Gasteiger partial charge in [-0.05, 0) is 37.8 Å². The molecule has 0 radical (unpaired) electrons. The summed E-state index contributed by atoms with van der Waals surface area (Å²) in [6, 6.07) is 8.69. The minimum atomic E-state index is -0.652. The van der Waals surface area contributed by atoms with Crippen LogP contribution in [-0.4, -0.2) is 17.3 Å². The van der Waals surface area contributed by atoms with Gasteiger partial charge in [0.1, 0.15) is 0 Å². The van der Waals surface area contributed by atoms with E-state index < -0.39 is 5.60 Å². The van der Waals surface area contributed by atoms with Gasteiger partial charge in [-0.15, -0.1) is 0 Å². The largest absolute Gasteiger partial charge is 0.390 e. The second-order valence-corrected chi connectivity index (χ2v) is 6.73. The molecule has 1 aliphatic rings. The lowest BCUT2D eigenvalue weighted by atomic mass is 9.69. The third kappa shape index (κ3) is 3.58. The summed E-state index contributed by atoms with van der Waals surface area (Å²) in [5.74, 6) is 0. The van der Waals surface area contributed by atoms with Crippen molar-refractivity contribution in [3.8, 4) is 0 Å². The monoisotopic (exact) mass is 261 g/mol. The molecule has 0 heterocycles. The van der Waals surface area contributed by atoms with Gasteiger partial charge in [-0.25, -0.2) is 0 Å². The van der Waals surface area contributed by atoms with Crippen molar-refractivity contribution in [3.05, 3.63) is 35.4 Å². The molecular weight excluding hydrogens is 234 g/mol. The van der Waals surface area contributed by atoms with E-state index in [0.29, 0.717) is 6.42 Å². The Morgan fingerprint density at radius 3 is 2.47 bits per heavy atom. The summed E-state index contributed by atoms with van der Waals surface area (Å²) in [5.41, 5.74) is 8.20. The van der Waals surface area contributed by atoms with Gasteiger partial charge >= 0.3 is 0 Å². The second-order valence-electron chi connectivity index (χ2n) is 6.73. The topological polar surface area (TPSA) is 46.2 Å². The first kappa shape index (κ1) is 14.5. The van der Waals surface area contributed by atoms with Crippen LogP contribution < -0.4 is 5.73 Å². The van der Waals surface area contributed by atoms with E-state index >= 15 is 0 Å². The van der Waals surface area contributed by atoms with E-state index in [1.54, 1.807) is 0 Å². The molecule has 0 bridgehead atoms. The van der Waals surface area contributed by atoms with Gasteiger partial charge in [-0.2, -0.15) is 0 Å². The Labute approximate surface area is 117 Å². The smallest absolute Gasteiger partial charge is 0.0631 e. The maximum Gasteiger partial charge on any atom is 0.0631 e. The Morgan fingerprint density at radius 1 is 1.21 bits per heavy atom. The highest BCUT2D eigenvalue weighted by Crippen LogP contribution is 2.39. The molecule has 0 unspecified atom stereocenters. The highest BCUT2D eigenvalue weighted by atomic mass is 16.3. The number of aliphatic hydroxyl groups is 1. The summed E-state index contributed by atoms with van der Waals surface area (Å²) < 4.78 is 0. The second kappa shape index (κ2) is 5.64. The zero-order valence-corrected chi connectivity index (χ0v) is 12.3. The predicted molar refractivity (Wildman–Crippen MR) is 80.3 cm³/mol. The summed E-state index contributed by atoms with van der Waals surface area (Å²) in [7, 11) is 0. The first-order valence-corrected chi connectivity index (χ1v) is 7.47. The van der Waals surface area contributed by atoms with E-state index in [1.807, 2.05) is 13.8 Å². The molecule has 1 fully saturated rings. The maximum atomic E-state index is 9.97. The predicted octanol–water partition coefficient (Wildman–Crippen LogP) is 3.16. The highest BCUT2D eigenvalue weighted by molar-refractivity contribution is 5.32. The van der Waals surface area contributed by atoms with E-state index in [0.717, 1.165) is 6.54 Å². The molecular formula is C17H27NO. The van der Waals surface area contributed by atoms with Crippen LogP contribution in [-0.2, 0) is 11.8 Å². The summed E-state index contributed by atoms with van der Waals surface area (Å²) in [6.45, 7) is 4.46. The average molecular weight is 261 g/mol. The molecule has 2 nitrogen and oxygen atoms in total. The molecule has 1 saturated carbocycles. The third-order valence-corrected chi connectivity index (χ3v) is 4.38. The molecule has 0 spiro atoms. The van der Waals surface area contributed by atoms with E-state index in [4.69, 9.17) is 5.73 Å². The van der Waals surface area contributed by atoms with Gasteiger partial charge in [0.25, 0.3) is 0 Å². The normalized spacial score (nSPS) is 19.4. The van der Waals surface area contributed by atoms with Crippen LogP contribution in [0.4, 0.5) is 0 Å². The molecule has 2 heteroatoms. The Kier molecular flexibility index (Phi) is 4.32. The molecule has 0 aromatic heterocycles. The van der Waals surface area contributed by atoms with E-state index in [1.165, 1.54) is 43.2 Å². The van der Waals surface area contributed by atoms with Crippen LogP contribution in [0.25, 0.3) is 0 Å². The number of hydrogen-bond donors (Lipinski definition) is 2. The Hall–Kier alpha value is -0.860. The van der Waals surface area contributed by atoms with Gasteiger partial charge in [0, 0.05) is 18.4 Å².